The molecule has 0 bridgehead atoms. The first kappa shape index (κ1) is 60.3. The molecule has 0 aliphatic rings. The first-order chi connectivity index (χ1) is 29.8. The Balaban J connectivity index is 3.56. The second kappa shape index (κ2) is 48.7. The van der Waals surface area contributed by atoms with Crippen molar-refractivity contribution in [1.82, 2.24) is 5.32 Å². The third-order valence-corrected chi connectivity index (χ3v) is 13.2. The highest BCUT2D eigenvalue weighted by molar-refractivity contribution is 7.46. The Hall–Kier alpha value is -0.720. The van der Waals surface area contributed by atoms with Crippen LogP contribution in [0.4, 0.5) is 0 Å². The van der Waals surface area contributed by atoms with E-state index in [0.717, 1.165) is 38.5 Å². The molecule has 7 nitrogen and oxygen atoms in total. The standard InChI is InChI=1S/C53H106NO6P/c1-3-5-7-9-11-13-15-16-17-18-19-20-21-22-23-24-25-26-27-28-29-30-31-32-33-34-35-36-37-38-39-41-43-45-47-49-53(56)54-51(50-60-61(57,58)59)52(55)48-46-44-42-40-14-12-10-8-6-4-2/h46,48,51-52,55H,3-45,47,49-50H2,1-2H3,(H,54,56)(H2,57,58,59)/b48-46+/t51-,52+/m0/s1. The van der Waals surface area contributed by atoms with Crippen molar-refractivity contribution in [3.05, 3.63) is 12.2 Å². The largest absolute Gasteiger partial charge is 0.469 e. The first-order valence-electron chi connectivity index (χ1n) is 27.1. The van der Waals surface area contributed by atoms with Gasteiger partial charge in [-0.3, -0.25) is 9.32 Å². The van der Waals surface area contributed by atoms with Crippen molar-refractivity contribution >= 4 is 13.7 Å². The highest BCUT2D eigenvalue weighted by atomic mass is 31.2. The summed E-state index contributed by atoms with van der Waals surface area (Å²) in [5, 5.41) is 13.4. The van der Waals surface area contributed by atoms with Crippen LogP contribution in [0.15, 0.2) is 12.2 Å². The molecule has 0 fully saturated rings. The number of hydrogen-bond acceptors (Lipinski definition) is 4. The lowest BCUT2D eigenvalue weighted by Crippen LogP contribution is -2.45. The number of nitrogens with one attached hydrogen (secondary N) is 1. The second-order valence-corrected chi connectivity index (χ2v) is 20.2. The Bertz CT molecular complexity index is 957. The monoisotopic (exact) mass is 884 g/mol. The van der Waals surface area contributed by atoms with Gasteiger partial charge in [0.25, 0.3) is 0 Å². The van der Waals surface area contributed by atoms with E-state index in [2.05, 4.69) is 23.7 Å². The zero-order valence-electron chi connectivity index (χ0n) is 40.8. The summed E-state index contributed by atoms with van der Waals surface area (Å²) in [6.45, 7) is 4.08. The average Bonchev–Trinajstić information content (AvgIpc) is 3.24. The van der Waals surface area contributed by atoms with Gasteiger partial charge in [0.2, 0.25) is 5.91 Å². The molecule has 0 radical (unpaired) electrons. The van der Waals surface area contributed by atoms with Crippen molar-refractivity contribution in [3.63, 3.8) is 0 Å². The van der Waals surface area contributed by atoms with E-state index in [9.17, 15) is 14.5 Å². The van der Waals surface area contributed by atoms with Crippen molar-refractivity contribution in [2.45, 2.75) is 315 Å². The summed E-state index contributed by atoms with van der Waals surface area (Å²) in [6.07, 6.45) is 61.7. The van der Waals surface area contributed by atoms with Gasteiger partial charge in [-0.15, -0.1) is 0 Å². The molecule has 0 saturated carbocycles. The summed E-state index contributed by atoms with van der Waals surface area (Å²) in [7, 11) is -4.71. The molecule has 4 N–H and O–H groups in total. The van der Waals surface area contributed by atoms with Crippen LogP contribution in [0.2, 0.25) is 0 Å². The minimum Gasteiger partial charge on any atom is -0.387 e. The molecule has 1 amide bonds. The van der Waals surface area contributed by atoms with Gasteiger partial charge in [-0.25, -0.2) is 4.57 Å². The number of phosphoric acid groups is 1. The summed E-state index contributed by atoms with van der Waals surface area (Å²) in [6, 6.07) is -0.905. The molecular weight excluding hydrogens is 778 g/mol. The number of amides is 1. The fourth-order valence-corrected chi connectivity index (χ4v) is 9.00. The molecule has 0 aromatic rings. The minimum absolute atomic E-state index is 0.221. The van der Waals surface area contributed by atoms with Crippen molar-refractivity contribution in [2.24, 2.45) is 0 Å². The summed E-state index contributed by atoms with van der Waals surface area (Å²) in [5.41, 5.74) is 0. The van der Waals surface area contributed by atoms with Crippen molar-refractivity contribution in [3.8, 4) is 0 Å². The van der Waals surface area contributed by atoms with Gasteiger partial charge in [-0.2, -0.15) is 0 Å². The number of phosphoric ester groups is 1. The summed E-state index contributed by atoms with van der Waals surface area (Å²) < 4.78 is 15.9. The molecule has 61 heavy (non-hydrogen) atoms. The number of allylic oxidation sites excluding steroid dienone is 1. The molecule has 0 heterocycles. The van der Waals surface area contributed by atoms with E-state index in [4.69, 9.17) is 9.79 Å². The molecule has 0 spiro atoms. The molecule has 0 aliphatic heterocycles. The zero-order valence-corrected chi connectivity index (χ0v) is 41.7. The summed E-state index contributed by atoms with van der Waals surface area (Å²) in [4.78, 5) is 30.9. The molecule has 0 aromatic heterocycles. The third kappa shape index (κ3) is 50.1. The van der Waals surface area contributed by atoms with Crippen LogP contribution in [-0.4, -0.2) is 39.6 Å². The molecule has 0 aromatic carbocycles. The number of hydrogen-bond donors (Lipinski definition) is 4. The van der Waals surface area contributed by atoms with Crippen LogP contribution in [0.5, 0.6) is 0 Å². The summed E-state index contributed by atoms with van der Waals surface area (Å²) in [5.74, 6) is -0.221. The fourth-order valence-electron chi connectivity index (χ4n) is 8.64. The lowest BCUT2D eigenvalue weighted by atomic mass is 10.0. The molecule has 0 rings (SSSR count). The number of aliphatic hydroxyl groups is 1. The molecule has 0 saturated heterocycles. The van der Waals surface area contributed by atoms with Crippen LogP contribution in [0.25, 0.3) is 0 Å². The van der Waals surface area contributed by atoms with Gasteiger partial charge in [0.05, 0.1) is 18.8 Å². The predicted octanol–water partition coefficient (Wildman–Crippen LogP) is 17.1. The van der Waals surface area contributed by atoms with Gasteiger partial charge < -0.3 is 20.2 Å². The SMILES string of the molecule is CCCCCCCCCC/C=C/[C@@H](O)[C@H](COP(=O)(O)O)NC(=O)CCCCCCCCCCCCCCCCCCCCCCCCCCCCCCCCCCCCC. The predicted molar refractivity (Wildman–Crippen MR) is 264 cm³/mol. The second-order valence-electron chi connectivity index (χ2n) is 18.9. The Morgan fingerprint density at radius 3 is 1.00 bits per heavy atom. The van der Waals surface area contributed by atoms with Crippen LogP contribution in [0, 0.1) is 0 Å². The maximum atomic E-state index is 12.6. The molecule has 8 heteroatoms. The first-order valence-corrected chi connectivity index (χ1v) is 28.7. The highest BCUT2D eigenvalue weighted by Crippen LogP contribution is 2.36. The minimum atomic E-state index is -4.71. The Morgan fingerprint density at radius 2 is 0.721 bits per heavy atom. The number of aliphatic hydroxyl groups excluding tert-OH is 1. The van der Waals surface area contributed by atoms with E-state index in [0.29, 0.717) is 6.42 Å². The number of carbonyl (C=O) groups excluding carboxylic acids is 1. The van der Waals surface area contributed by atoms with Crippen molar-refractivity contribution in [2.75, 3.05) is 6.61 Å². The number of rotatable bonds is 51. The van der Waals surface area contributed by atoms with Crippen LogP contribution in [0.1, 0.15) is 303 Å². The molecular formula is C53H106NO6P. The highest BCUT2D eigenvalue weighted by Gasteiger charge is 2.24. The quantitative estimate of drug-likeness (QED) is 0.0275. The fraction of sp³-hybridized carbons (Fsp3) is 0.943. The van der Waals surface area contributed by atoms with Gasteiger partial charge >= 0.3 is 7.82 Å². The van der Waals surface area contributed by atoms with E-state index in [1.807, 2.05) is 6.08 Å². The van der Waals surface area contributed by atoms with Gasteiger partial charge in [0, 0.05) is 6.42 Å². The van der Waals surface area contributed by atoms with Gasteiger partial charge in [0.15, 0.2) is 0 Å². The van der Waals surface area contributed by atoms with E-state index in [-0.39, 0.29) is 5.91 Å². The Morgan fingerprint density at radius 1 is 0.459 bits per heavy atom. The van der Waals surface area contributed by atoms with E-state index in [1.165, 1.54) is 244 Å². The van der Waals surface area contributed by atoms with Crippen LogP contribution >= 0.6 is 7.82 Å². The van der Waals surface area contributed by atoms with Gasteiger partial charge in [-0.1, -0.05) is 289 Å². The lowest BCUT2D eigenvalue weighted by molar-refractivity contribution is -0.123. The van der Waals surface area contributed by atoms with Crippen LogP contribution in [-0.2, 0) is 13.9 Å². The normalized spacial score (nSPS) is 13.1. The van der Waals surface area contributed by atoms with Crippen LogP contribution < -0.4 is 5.32 Å². The van der Waals surface area contributed by atoms with Gasteiger partial charge in [0.1, 0.15) is 0 Å². The van der Waals surface area contributed by atoms with E-state index < -0.39 is 26.6 Å². The third-order valence-electron chi connectivity index (χ3n) is 12.7. The van der Waals surface area contributed by atoms with E-state index in [1.54, 1.807) is 6.08 Å². The Kier molecular flexibility index (Phi) is 48.2. The smallest absolute Gasteiger partial charge is 0.387 e. The number of carbonyl (C=O) groups is 1. The maximum absolute atomic E-state index is 12.6. The lowest BCUT2D eigenvalue weighted by Gasteiger charge is -2.22. The van der Waals surface area contributed by atoms with Gasteiger partial charge in [-0.05, 0) is 19.3 Å². The number of unbranched alkanes of at least 4 members (excludes halogenated alkanes) is 42. The van der Waals surface area contributed by atoms with E-state index >= 15 is 0 Å². The topological polar surface area (TPSA) is 116 Å². The average molecular weight is 884 g/mol. The maximum Gasteiger partial charge on any atom is 0.469 e. The Labute approximate surface area is 380 Å². The molecule has 0 aliphatic carbocycles. The summed E-state index contributed by atoms with van der Waals surface area (Å²) >= 11 is 0. The molecule has 2 atom stereocenters. The van der Waals surface area contributed by atoms with Crippen molar-refractivity contribution in [1.29, 1.82) is 0 Å². The molecule has 364 valence electrons. The van der Waals surface area contributed by atoms with Crippen molar-refractivity contribution < 1.29 is 28.8 Å². The molecule has 0 unspecified atom stereocenters. The zero-order chi connectivity index (χ0) is 44.6. The van der Waals surface area contributed by atoms with Crippen LogP contribution in [0.3, 0.4) is 0 Å².